The van der Waals surface area contributed by atoms with Gasteiger partial charge in [0.15, 0.2) is 0 Å². The van der Waals surface area contributed by atoms with Crippen LogP contribution in [0, 0.1) is 0 Å². The van der Waals surface area contributed by atoms with Gasteiger partial charge in [-0.15, -0.1) is 0 Å². The van der Waals surface area contributed by atoms with Gasteiger partial charge in [-0.25, -0.2) is 9.78 Å². The second-order valence-corrected chi connectivity index (χ2v) is 14.1. The van der Waals surface area contributed by atoms with Gasteiger partial charge in [0.2, 0.25) is 5.91 Å². The van der Waals surface area contributed by atoms with E-state index in [1.807, 2.05) is 97.2 Å². The van der Waals surface area contributed by atoms with E-state index >= 15 is 0 Å². The Morgan fingerprint density at radius 1 is 0.709 bits per heavy atom. The topological polar surface area (TPSA) is 112 Å². The van der Waals surface area contributed by atoms with Gasteiger partial charge in [-0.3, -0.25) is 4.79 Å². The van der Waals surface area contributed by atoms with Gasteiger partial charge in [-0.05, 0) is 62.2 Å². The van der Waals surface area contributed by atoms with Gasteiger partial charge in [0, 0.05) is 29.4 Å². The van der Waals surface area contributed by atoms with Crippen LogP contribution in [0.5, 0.6) is 0 Å². The van der Waals surface area contributed by atoms with Crippen LogP contribution in [-0.4, -0.2) is 39.6 Å². The average molecular weight is 722 g/mol. The Morgan fingerprint density at radius 2 is 1.40 bits per heavy atom. The molecule has 270 valence electrons. The molecule has 0 radical (unpaired) electrons. The van der Waals surface area contributed by atoms with Crippen molar-refractivity contribution in [1.29, 1.82) is 0 Å². The van der Waals surface area contributed by atoms with Crippen LogP contribution in [0.3, 0.4) is 0 Å². The number of hydrogen-bond acceptors (Lipinski definition) is 4. The highest BCUT2D eigenvalue weighted by atomic mass is 16.5. The van der Waals surface area contributed by atoms with Crippen molar-refractivity contribution >= 4 is 33.7 Å². The van der Waals surface area contributed by atoms with Crippen LogP contribution in [0.25, 0.3) is 44.1 Å². The van der Waals surface area contributed by atoms with Crippen molar-refractivity contribution in [1.82, 2.24) is 25.6 Å². The van der Waals surface area contributed by atoms with Crippen molar-refractivity contribution in [2.75, 3.05) is 6.61 Å². The zero-order chi connectivity index (χ0) is 37.1. The number of aromatic amines is 2. The van der Waals surface area contributed by atoms with Crippen LogP contribution in [0.4, 0.5) is 4.79 Å². The minimum atomic E-state index is -0.947. The fraction of sp³-hybridized carbons (Fsp3) is 0.128. The molecule has 8 heteroatoms. The lowest BCUT2D eigenvalue weighted by Crippen LogP contribution is -2.49. The monoisotopic (exact) mass is 721 g/mol. The summed E-state index contributed by atoms with van der Waals surface area (Å²) in [5.41, 5.74) is 9.28. The minimum Gasteiger partial charge on any atom is -0.449 e. The average Bonchev–Trinajstić information content (AvgIpc) is 3.97. The number of aromatic nitrogens is 3. The van der Waals surface area contributed by atoms with Gasteiger partial charge in [-0.1, -0.05) is 140 Å². The number of alkyl carbamates (subject to hydrolysis) is 1. The van der Waals surface area contributed by atoms with Gasteiger partial charge in [0.25, 0.3) is 0 Å². The Balaban J connectivity index is 0.998. The molecule has 55 heavy (non-hydrogen) atoms. The lowest BCUT2D eigenvalue weighted by Gasteiger charge is -2.23. The molecule has 2 amide bonds. The van der Waals surface area contributed by atoms with Crippen molar-refractivity contribution in [3.05, 3.63) is 186 Å². The maximum atomic E-state index is 14.6. The second-order valence-electron chi connectivity index (χ2n) is 14.1. The van der Waals surface area contributed by atoms with Crippen molar-refractivity contribution in [3.63, 3.8) is 0 Å². The SMILES string of the molecule is O=C(N[C@H](Cc1c[nH]c2ccccc12)C(=O)N[C@H](Cc1ccc2ccccc2c1)c1ncc(-c2ccccc2)[nH]1)OCC1c2ccccc2-c2ccccc21. The Morgan fingerprint density at radius 3 is 2.20 bits per heavy atom. The third kappa shape index (κ3) is 6.98. The molecule has 8 nitrogen and oxygen atoms in total. The first kappa shape index (κ1) is 33.9. The number of ether oxygens (including phenoxy) is 1. The zero-order valence-corrected chi connectivity index (χ0v) is 30.0. The second kappa shape index (κ2) is 14.8. The molecule has 0 bridgehead atoms. The number of H-pyrrole nitrogens is 2. The molecule has 0 aliphatic heterocycles. The summed E-state index contributed by atoms with van der Waals surface area (Å²) in [7, 11) is 0. The maximum absolute atomic E-state index is 14.6. The summed E-state index contributed by atoms with van der Waals surface area (Å²) >= 11 is 0. The molecule has 0 unspecified atom stereocenters. The van der Waals surface area contributed by atoms with E-state index in [0.717, 1.165) is 66.3 Å². The predicted octanol–water partition coefficient (Wildman–Crippen LogP) is 9.26. The lowest BCUT2D eigenvalue weighted by atomic mass is 9.98. The number of amides is 2. The first-order valence-electron chi connectivity index (χ1n) is 18.6. The van der Waals surface area contributed by atoms with Crippen LogP contribution in [-0.2, 0) is 22.4 Å². The van der Waals surface area contributed by atoms with E-state index in [2.05, 4.69) is 75.2 Å². The number of hydrogen-bond donors (Lipinski definition) is 4. The van der Waals surface area contributed by atoms with E-state index < -0.39 is 18.2 Å². The number of benzene rings is 6. The standard InChI is InChI=1S/C47H39N5O3/c53-46(51-42(25-30-22-23-31-12-4-5-15-33(31)24-30)45-49-28-44(50-45)32-13-2-1-3-14-32)43(26-34-27-48-41-21-11-10-16-35(34)41)52-47(54)55-29-40-38-19-8-6-17-36(38)37-18-7-9-20-39(37)40/h1-24,27-28,40,42-43,48H,25-26,29H2,(H,49,50)(H,51,53)(H,52,54)/t42-,43-/m1/s1. The molecule has 2 atom stereocenters. The molecule has 6 aromatic carbocycles. The third-order valence-corrected chi connectivity index (χ3v) is 10.6. The number of rotatable bonds is 11. The highest BCUT2D eigenvalue weighted by Gasteiger charge is 2.31. The molecule has 2 aromatic heterocycles. The Bertz CT molecular complexity index is 2600. The Labute approximate surface area is 318 Å². The number of nitrogens with zero attached hydrogens (tertiary/aromatic N) is 1. The molecular formula is C47H39N5O3. The Kier molecular flexibility index (Phi) is 9.14. The van der Waals surface area contributed by atoms with Crippen LogP contribution in [0.2, 0.25) is 0 Å². The normalized spacial score (nSPS) is 13.2. The number of nitrogens with one attached hydrogen (secondary N) is 4. The molecule has 9 rings (SSSR count). The van der Waals surface area contributed by atoms with Crippen molar-refractivity contribution in [2.45, 2.75) is 30.8 Å². The van der Waals surface area contributed by atoms with E-state index in [-0.39, 0.29) is 24.9 Å². The number of carbonyl (C=O) groups excluding carboxylic acids is 2. The number of fused-ring (bicyclic) bond motifs is 5. The third-order valence-electron chi connectivity index (χ3n) is 10.6. The first-order chi connectivity index (χ1) is 27.1. The number of para-hydroxylation sites is 1. The molecule has 0 saturated heterocycles. The molecule has 4 N–H and O–H groups in total. The summed E-state index contributed by atoms with van der Waals surface area (Å²) in [6.45, 7) is 0.139. The lowest BCUT2D eigenvalue weighted by molar-refractivity contribution is -0.123. The smallest absolute Gasteiger partial charge is 0.407 e. The molecule has 0 spiro atoms. The molecule has 0 saturated carbocycles. The fourth-order valence-electron chi connectivity index (χ4n) is 7.88. The highest BCUT2D eigenvalue weighted by molar-refractivity contribution is 5.89. The minimum absolute atomic E-state index is 0.108. The van der Waals surface area contributed by atoms with Gasteiger partial charge in [0.05, 0.1) is 17.9 Å². The molecule has 0 fully saturated rings. The van der Waals surface area contributed by atoms with Crippen LogP contribution < -0.4 is 10.6 Å². The van der Waals surface area contributed by atoms with Crippen LogP contribution in [0.15, 0.2) is 158 Å². The summed E-state index contributed by atoms with van der Waals surface area (Å²) < 4.78 is 5.95. The first-order valence-corrected chi connectivity index (χ1v) is 18.6. The van der Waals surface area contributed by atoms with E-state index in [9.17, 15) is 9.59 Å². The van der Waals surface area contributed by atoms with E-state index in [4.69, 9.17) is 9.72 Å². The van der Waals surface area contributed by atoms with Gasteiger partial charge in [0.1, 0.15) is 18.5 Å². The quantitative estimate of drug-likeness (QED) is 0.107. The van der Waals surface area contributed by atoms with Gasteiger partial charge < -0.3 is 25.3 Å². The van der Waals surface area contributed by atoms with Crippen molar-refractivity contribution in [3.8, 4) is 22.4 Å². The summed E-state index contributed by atoms with van der Waals surface area (Å²) in [4.78, 5) is 39.8. The summed E-state index contributed by atoms with van der Waals surface area (Å²) in [5.74, 6) is 0.165. The summed E-state index contributed by atoms with van der Waals surface area (Å²) in [6.07, 6.45) is 3.76. The van der Waals surface area contributed by atoms with E-state index in [1.165, 1.54) is 0 Å². The number of imidazole rings is 1. The zero-order valence-electron chi connectivity index (χ0n) is 30.0. The predicted molar refractivity (Wildman–Crippen MR) is 217 cm³/mol. The Hall–Kier alpha value is -6.93. The van der Waals surface area contributed by atoms with Gasteiger partial charge in [-0.2, -0.15) is 0 Å². The molecule has 1 aliphatic carbocycles. The van der Waals surface area contributed by atoms with Gasteiger partial charge >= 0.3 is 6.09 Å². The van der Waals surface area contributed by atoms with Crippen LogP contribution >= 0.6 is 0 Å². The molecular weight excluding hydrogens is 683 g/mol. The largest absolute Gasteiger partial charge is 0.449 e. The molecule has 8 aromatic rings. The molecule has 2 heterocycles. The van der Waals surface area contributed by atoms with Crippen molar-refractivity contribution < 1.29 is 14.3 Å². The van der Waals surface area contributed by atoms with E-state index in [0.29, 0.717) is 12.2 Å². The summed E-state index contributed by atoms with van der Waals surface area (Å²) in [6, 6.07) is 47.4. The maximum Gasteiger partial charge on any atom is 0.407 e. The highest BCUT2D eigenvalue weighted by Crippen LogP contribution is 2.44. The molecule has 1 aliphatic rings. The summed E-state index contributed by atoms with van der Waals surface area (Å²) in [5, 5.41) is 9.46. The van der Waals surface area contributed by atoms with Crippen molar-refractivity contribution in [2.24, 2.45) is 0 Å². The van der Waals surface area contributed by atoms with E-state index in [1.54, 1.807) is 6.20 Å². The van der Waals surface area contributed by atoms with Crippen LogP contribution in [0.1, 0.15) is 40.0 Å². The number of carbonyl (C=O) groups is 2. The fourth-order valence-corrected chi connectivity index (χ4v) is 7.88.